The van der Waals surface area contributed by atoms with Crippen molar-refractivity contribution in [2.75, 3.05) is 4.43 Å². The zero-order valence-corrected chi connectivity index (χ0v) is 6.51. The van der Waals surface area contributed by atoms with Crippen LogP contribution in [0.2, 0.25) is 0 Å². The molecule has 0 amide bonds. The predicted octanol–water partition coefficient (Wildman–Crippen LogP) is 1.60. The minimum absolute atomic E-state index is 0.541. The Morgan fingerprint density at radius 1 is 1.86 bits per heavy atom. The van der Waals surface area contributed by atoms with Crippen LogP contribution in [-0.4, -0.2) is 16.6 Å². The van der Waals surface area contributed by atoms with Gasteiger partial charge in [0, 0.05) is 10.8 Å². The number of hydrogen-bond acceptors (Lipinski definition) is 1. The Balaban J connectivity index is 2.06. The fourth-order valence-electron chi connectivity index (χ4n) is 0.787. The van der Waals surface area contributed by atoms with E-state index in [-0.39, 0.29) is 0 Å². The second-order valence-corrected chi connectivity index (χ2v) is 2.84. The Bertz CT molecular complexity index is 59.1. The molecule has 42 valence electrons. The Kier molecular flexibility index (Phi) is 1.92. The molecule has 1 rings (SSSR count). The van der Waals surface area contributed by atoms with Crippen LogP contribution in [0, 0.1) is 0 Å². The third kappa shape index (κ3) is 1.29. The van der Waals surface area contributed by atoms with Crippen LogP contribution in [0.4, 0.5) is 0 Å². The molecule has 1 aliphatic heterocycles. The van der Waals surface area contributed by atoms with Gasteiger partial charge in [-0.15, -0.1) is 0 Å². The molecule has 7 heavy (non-hydrogen) atoms. The standard InChI is InChI=1S/C5H9IO/c1-4-2-5(3-6)7-4/h4-5H,2-3H2,1H3. The maximum Gasteiger partial charge on any atom is 0.0692 e. The predicted molar refractivity (Wildman–Crippen MR) is 37.8 cm³/mol. The van der Waals surface area contributed by atoms with Gasteiger partial charge in [0.15, 0.2) is 0 Å². The summed E-state index contributed by atoms with van der Waals surface area (Å²) in [6.45, 7) is 2.11. The van der Waals surface area contributed by atoms with E-state index in [1.807, 2.05) is 0 Å². The van der Waals surface area contributed by atoms with Crippen molar-refractivity contribution in [1.29, 1.82) is 0 Å². The van der Waals surface area contributed by atoms with Crippen LogP contribution >= 0.6 is 22.6 Å². The van der Waals surface area contributed by atoms with Crippen molar-refractivity contribution in [3.8, 4) is 0 Å². The molecule has 0 aliphatic carbocycles. The molecule has 0 aromatic rings. The van der Waals surface area contributed by atoms with Gasteiger partial charge < -0.3 is 4.74 Å². The lowest BCUT2D eigenvalue weighted by molar-refractivity contribution is -0.0977. The van der Waals surface area contributed by atoms with Crippen LogP contribution in [0.25, 0.3) is 0 Å². The van der Waals surface area contributed by atoms with E-state index in [4.69, 9.17) is 4.74 Å². The van der Waals surface area contributed by atoms with Crippen molar-refractivity contribution in [1.82, 2.24) is 0 Å². The highest BCUT2D eigenvalue weighted by Gasteiger charge is 2.23. The zero-order valence-electron chi connectivity index (χ0n) is 4.36. The smallest absolute Gasteiger partial charge is 0.0692 e. The lowest BCUT2D eigenvalue weighted by Crippen LogP contribution is -2.35. The maximum atomic E-state index is 5.28. The highest BCUT2D eigenvalue weighted by Crippen LogP contribution is 2.20. The molecule has 1 saturated heterocycles. The SMILES string of the molecule is CC1CC(CI)O1. The average Bonchev–Trinajstić information content (AvgIpc) is 1.58. The summed E-state index contributed by atoms with van der Waals surface area (Å²) in [5.41, 5.74) is 0. The van der Waals surface area contributed by atoms with Gasteiger partial charge in [-0.1, -0.05) is 22.6 Å². The van der Waals surface area contributed by atoms with Crippen LogP contribution < -0.4 is 0 Å². The van der Waals surface area contributed by atoms with Crippen LogP contribution in [-0.2, 0) is 4.74 Å². The van der Waals surface area contributed by atoms with Gasteiger partial charge in [-0.3, -0.25) is 0 Å². The molecule has 1 heterocycles. The topological polar surface area (TPSA) is 9.23 Å². The number of hydrogen-bond donors (Lipinski definition) is 0. The second-order valence-electron chi connectivity index (χ2n) is 1.96. The molecule has 0 N–H and O–H groups in total. The van der Waals surface area contributed by atoms with Gasteiger partial charge in [0.25, 0.3) is 0 Å². The summed E-state index contributed by atoms with van der Waals surface area (Å²) in [7, 11) is 0. The van der Waals surface area contributed by atoms with Crippen molar-refractivity contribution in [3.05, 3.63) is 0 Å². The van der Waals surface area contributed by atoms with Gasteiger partial charge in [-0.05, 0) is 6.92 Å². The van der Waals surface area contributed by atoms with Gasteiger partial charge in [0.1, 0.15) is 0 Å². The molecule has 0 spiro atoms. The lowest BCUT2D eigenvalue weighted by atomic mass is 10.1. The van der Waals surface area contributed by atoms with Crippen molar-refractivity contribution in [3.63, 3.8) is 0 Å². The molecule has 2 heteroatoms. The number of halogens is 1. The molecule has 1 aliphatic rings. The fraction of sp³-hybridized carbons (Fsp3) is 1.00. The molecular weight excluding hydrogens is 203 g/mol. The summed E-state index contributed by atoms with van der Waals surface area (Å²) >= 11 is 2.35. The van der Waals surface area contributed by atoms with Crippen molar-refractivity contribution < 1.29 is 4.74 Å². The highest BCUT2D eigenvalue weighted by molar-refractivity contribution is 14.1. The molecule has 2 atom stereocenters. The van der Waals surface area contributed by atoms with E-state index in [1.54, 1.807) is 0 Å². The van der Waals surface area contributed by atoms with Crippen molar-refractivity contribution >= 4 is 22.6 Å². The summed E-state index contributed by atoms with van der Waals surface area (Å²) in [4.78, 5) is 0. The van der Waals surface area contributed by atoms with Gasteiger partial charge in [0.2, 0.25) is 0 Å². The minimum Gasteiger partial charge on any atom is -0.374 e. The third-order valence-corrected chi connectivity index (χ3v) is 2.17. The Labute approximate surface area is 57.6 Å². The van der Waals surface area contributed by atoms with Crippen LogP contribution in [0.5, 0.6) is 0 Å². The van der Waals surface area contributed by atoms with E-state index in [9.17, 15) is 0 Å². The first-order valence-electron chi connectivity index (χ1n) is 2.54. The molecule has 0 aromatic heterocycles. The summed E-state index contributed by atoms with van der Waals surface area (Å²) in [5, 5.41) is 0. The second kappa shape index (κ2) is 2.31. The molecular formula is C5H9IO. The largest absolute Gasteiger partial charge is 0.374 e. The molecule has 1 nitrogen and oxygen atoms in total. The fourth-order valence-corrected chi connectivity index (χ4v) is 1.35. The van der Waals surface area contributed by atoms with E-state index in [0.717, 1.165) is 4.43 Å². The molecule has 0 radical (unpaired) electrons. The van der Waals surface area contributed by atoms with Crippen LogP contribution in [0.1, 0.15) is 13.3 Å². The maximum absolute atomic E-state index is 5.28. The third-order valence-electron chi connectivity index (χ3n) is 1.19. The number of alkyl halides is 1. The first-order valence-corrected chi connectivity index (χ1v) is 4.07. The molecule has 2 unspecified atom stereocenters. The van der Waals surface area contributed by atoms with Gasteiger partial charge >= 0.3 is 0 Å². The average molecular weight is 212 g/mol. The van der Waals surface area contributed by atoms with Gasteiger partial charge in [-0.25, -0.2) is 0 Å². The van der Waals surface area contributed by atoms with Crippen molar-refractivity contribution in [2.24, 2.45) is 0 Å². The minimum atomic E-state index is 0.541. The quantitative estimate of drug-likeness (QED) is 0.473. The van der Waals surface area contributed by atoms with E-state index >= 15 is 0 Å². The summed E-state index contributed by atoms with van der Waals surface area (Å²) in [5.74, 6) is 0. The summed E-state index contributed by atoms with van der Waals surface area (Å²) in [6.07, 6.45) is 2.39. The number of rotatable bonds is 1. The monoisotopic (exact) mass is 212 g/mol. The van der Waals surface area contributed by atoms with Crippen molar-refractivity contribution in [2.45, 2.75) is 25.6 Å². The van der Waals surface area contributed by atoms with Gasteiger partial charge in [-0.2, -0.15) is 0 Å². The Hall–Kier alpha value is 0.690. The Morgan fingerprint density at radius 3 is 2.57 bits per heavy atom. The van der Waals surface area contributed by atoms with Crippen LogP contribution in [0.3, 0.4) is 0 Å². The lowest BCUT2D eigenvalue weighted by Gasteiger charge is -2.31. The number of ether oxygens (including phenoxy) is 1. The van der Waals surface area contributed by atoms with E-state index < -0.39 is 0 Å². The van der Waals surface area contributed by atoms with Crippen LogP contribution in [0.15, 0.2) is 0 Å². The molecule has 0 saturated carbocycles. The molecule has 0 bridgehead atoms. The summed E-state index contributed by atoms with van der Waals surface area (Å²) in [6, 6.07) is 0. The molecule has 1 fully saturated rings. The zero-order chi connectivity index (χ0) is 5.28. The van der Waals surface area contributed by atoms with E-state index in [2.05, 4.69) is 29.5 Å². The summed E-state index contributed by atoms with van der Waals surface area (Å²) < 4.78 is 6.44. The van der Waals surface area contributed by atoms with E-state index in [0.29, 0.717) is 12.2 Å². The first kappa shape index (κ1) is 5.82. The first-order chi connectivity index (χ1) is 3.33. The molecule has 0 aromatic carbocycles. The Morgan fingerprint density at radius 2 is 2.43 bits per heavy atom. The van der Waals surface area contributed by atoms with Gasteiger partial charge in [0.05, 0.1) is 12.2 Å². The highest BCUT2D eigenvalue weighted by atomic mass is 127. The van der Waals surface area contributed by atoms with E-state index in [1.165, 1.54) is 6.42 Å². The normalized spacial score (nSPS) is 40.3.